The molecule has 7 nitrogen and oxygen atoms in total. The highest BCUT2D eigenvalue weighted by atomic mass is 32.2. The molecule has 1 amide bonds. The number of hydrogen-bond donors (Lipinski definition) is 0. The number of piperidine rings is 1. The van der Waals surface area contributed by atoms with Crippen LogP contribution in [0.5, 0.6) is 0 Å². The molecule has 1 aromatic carbocycles. The van der Waals surface area contributed by atoms with Gasteiger partial charge >= 0.3 is 12.4 Å². The molecule has 0 spiro atoms. The molecule has 39 heavy (non-hydrogen) atoms. The zero-order valence-electron chi connectivity index (χ0n) is 20.9. The van der Waals surface area contributed by atoms with E-state index in [1.54, 1.807) is 15.6 Å². The normalized spacial score (nSPS) is 22.0. The smallest absolute Gasteiger partial charge is 0.338 e. The second-order valence-corrected chi connectivity index (χ2v) is 12.5. The van der Waals surface area contributed by atoms with Crippen LogP contribution in [0.1, 0.15) is 77.2 Å². The summed E-state index contributed by atoms with van der Waals surface area (Å²) in [6.07, 6.45) is -5.27. The van der Waals surface area contributed by atoms with E-state index in [0.29, 0.717) is 18.5 Å². The third kappa shape index (κ3) is 5.96. The molecule has 1 aliphatic carbocycles. The van der Waals surface area contributed by atoms with Gasteiger partial charge in [-0.25, -0.2) is 12.7 Å². The minimum atomic E-state index is -4.82. The third-order valence-electron chi connectivity index (χ3n) is 7.72. The fraction of sp³-hybridized carbons (Fsp3) is 0.600. The minimum Gasteiger partial charge on any atom is -0.338 e. The average molecular weight is 579 g/mol. The first-order valence-electron chi connectivity index (χ1n) is 12.8. The van der Waals surface area contributed by atoms with Gasteiger partial charge in [-0.05, 0) is 43.7 Å². The summed E-state index contributed by atoms with van der Waals surface area (Å²) in [5.41, 5.74) is 0.579. The molecule has 1 atom stereocenters. The standard InChI is InChI=1S/C25H28F6N4O3S/c26-24(27,28)15-39(37,38)34-11-8-18(9-12-34)35-22(16-5-6-16)20(13-32-35)23(36)33-10-7-17(14-33)19-3-1-2-4-21(19)25(29,30)31/h1-4,13,16-18H,5-12,14-15H2/t17-/m1/s1. The van der Waals surface area contributed by atoms with E-state index in [9.17, 15) is 39.6 Å². The lowest BCUT2D eigenvalue weighted by Crippen LogP contribution is -2.43. The Balaban J connectivity index is 1.30. The number of hydrogen-bond acceptors (Lipinski definition) is 4. The first-order valence-corrected chi connectivity index (χ1v) is 14.4. The first-order chi connectivity index (χ1) is 18.2. The van der Waals surface area contributed by atoms with Crippen molar-refractivity contribution in [3.8, 4) is 0 Å². The Hall–Kier alpha value is -2.61. The van der Waals surface area contributed by atoms with Crippen molar-refractivity contribution in [2.24, 2.45) is 0 Å². The van der Waals surface area contributed by atoms with Crippen LogP contribution in [0.15, 0.2) is 30.5 Å². The molecule has 2 saturated heterocycles. The summed E-state index contributed by atoms with van der Waals surface area (Å²) in [7, 11) is -4.47. The Morgan fingerprint density at radius 3 is 2.21 bits per heavy atom. The molecule has 3 aliphatic rings. The number of alkyl halides is 6. The van der Waals surface area contributed by atoms with Crippen LogP contribution in [0.4, 0.5) is 26.3 Å². The zero-order valence-corrected chi connectivity index (χ0v) is 21.7. The molecule has 3 fully saturated rings. The lowest BCUT2D eigenvalue weighted by molar-refractivity contribution is -0.138. The number of carbonyl (C=O) groups is 1. The highest BCUT2D eigenvalue weighted by Crippen LogP contribution is 2.44. The minimum absolute atomic E-state index is 0.0806. The van der Waals surface area contributed by atoms with Crippen LogP contribution in [0, 0.1) is 0 Å². The molecule has 1 saturated carbocycles. The van der Waals surface area contributed by atoms with Gasteiger partial charge in [0.1, 0.15) is 0 Å². The molecular formula is C25H28F6N4O3S. The molecule has 2 aromatic rings. The first kappa shape index (κ1) is 27.9. The van der Waals surface area contributed by atoms with E-state index in [2.05, 4.69) is 5.10 Å². The zero-order chi connectivity index (χ0) is 28.2. The van der Waals surface area contributed by atoms with Gasteiger partial charge in [0, 0.05) is 38.0 Å². The quantitative estimate of drug-likeness (QED) is 0.456. The van der Waals surface area contributed by atoms with Crippen LogP contribution in [0.2, 0.25) is 0 Å². The maximum atomic E-state index is 13.5. The van der Waals surface area contributed by atoms with Gasteiger partial charge in [-0.3, -0.25) is 9.48 Å². The van der Waals surface area contributed by atoms with Gasteiger partial charge in [0.05, 0.1) is 29.1 Å². The fourth-order valence-corrected chi connectivity index (χ4v) is 7.10. The summed E-state index contributed by atoms with van der Waals surface area (Å²) < 4.78 is 106. The maximum Gasteiger partial charge on any atom is 0.416 e. The Labute approximate surface area is 221 Å². The summed E-state index contributed by atoms with van der Waals surface area (Å²) in [4.78, 5) is 15.1. The van der Waals surface area contributed by atoms with E-state index >= 15 is 0 Å². The number of benzene rings is 1. The number of nitrogens with zero attached hydrogens (tertiary/aromatic N) is 4. The molecule has 1 aromatic heterocycles. The number of sulfonamides is 1. The Morgan fingerprint density at radius 2 is 1.59 bits per heavy atom. The SMILES string of the molecule is O=C(c1cnn(C2CCN(S(=O)(=O)CC(F)(F)F)CC2)c1C1CC1)N1CC[C@@H](c2ccccc2C(F)(F)F)C1. The molecular weight excluding hydrogens is 550 g/mol. The average Bonchev–Trinajstić information content (AvgIpc) is 3.40. The van der Waals surface area contributed by atoms with E-state index < -0.39 is 39.6 Å². The van der Waals surface area contributed by atoms with Gasteiger partial charge in [-0.1, -0.05) is 18.2 Å². The molecule has 2 aliphatic heterocycles. The van der Waals surface area contributed by atoms with Gasteiger partial charge in [0.15, 0.2) is 5.75 Å². The lowest BCUT2D eigenvalue weighted by atomic mass is 9.93. The number of rotatable bonds is 6. The second kappa shape index (κ2) is 10.1. The number of likely N-dealkylation sites (tertiary alicyclic amines) is 1. The van der Waals surface area contributed by atoms with Crippen LogP contribution in [-0.2, 0) is 16.2 Å². The summed E-state index contributed by atoms with van der Waals surface area (Å²) in [6.45, 7) is 0.294. The van der Waals surface area contributed by atoms with Crippen LogP contribution in [0.3, 0.4) is 0 Å². The molecule has 0 N–H and O–H groups in total. The lowest BCUT2D eigenvalue weighted by Gasteiger charge is -2.32. The van der Waals surface area contributed by atoms with Crippen molar-refractivity contribution in [2.45, 2.75) is 62.3 Å². The van der Waals surface area contributed by atoms with Crippen molar-refractivity contribution < 1.29 is 39.6 Å². The topological polar surface area (TPSA) is 75.5 Å². The van der Waals surface area contributed by atoms with Gasteiger partial charge in [-0.2, -0.15) is 31.4 Å². The van der Waals surface area contributed by atoms with Gasteiger partial charge in [-0.15, -0.1) is 0 Å². The van der Waals surface area contributed by atoms with Crippen molar-refractivity contribution in [3.05, 3.63) is 52.8 Å². The van der Waals surface area contributed by atoms with E-state index in [1.165, 1.54) is 18.3 Å². The molecule has 0 radical (unpaired) electrons. The van der Waals surface area contributed by atoms with Crippen LogP contribution < -0.4 is 0 Å². The Kier molecular flexibility index (Phi) is 7.23. The van der Waals surface area contributed by atoms with Gasteiger partial charge in [0.2, 0.25) is 10.0 Å². The van der Waals surface area contributed by atoms with E-state index in [-0.39, 0.29) is 55.9 Å². The summed E-state index contributed by atoms with van der Waals surface area (Å²) >= 11 is 0. The summed E-state index contributed by atoms with van der Waals surface area (Å²) in [6, 6.07) is 5.13. The molecule has 0 bridgehead atoms. The second-order valence-electron chi connectivity index (χ2n) is 10.5. The number of halogens is 6. The van der Waals surface area contributed by atoms with E-state index in [0.717, 1.165) is 28.9 Å². The van der Waals surface area contributed by atoms with E-state index in [4.69, 9.17) is 0 Å². The van der Waals surface area contributed by atoms with Crippen LogP contribution in [-0.4, -0.2) is 71.4 Å². The highest BCUT2D eigenvalue weighted by Gasteiger charge is 2.42. The van der Waals surface area contributed by atoms with Crippen molar-refractivity contribution >= 4 is 15.9 Å². The molecule has 3 heterocycles. The summed E-state index contributed by atoms with van der Waals surface area (Å²) in [5.74, 6) is -2.57. The summed E-state index contributed by atoms with van der Waals surface area (Å²) in [5, 5.41) is 4.44. The van der Waals surface area contributed by atoms with E-state index in [1.807, 2.05) is 0 Å². The largest absolute Gasteiger partial charge is 0.416 e. The predicted octanol–water partition coefficient (Wildman–Crippen LogP) is 4.94. The van der Waals surface area contributed by atoms with Crippen molar-refractivity contribution in [1.82, 2.24) is 19.0 Å². The number of aromatic nitrogens is 2. The Bertz CT molecular complexity index is 1330. The van der Waals surface area contributed by atoms with Crippen molar-refractivity contribution in [2.75, 3.05) is 31.9 Å². The molecule has 5 rings (SSSR count). The van der Waals surface area contributed by atoms with Gasteiger partial charge < -0.3 is 4.90 Å². The molecule has 14 heteroatoms. The predicted molar refractivity (Wildman–Crippen MR) is 129 cm³/mol. The monoisotopic (exact) mass is 578 g/mol. The maximum absolute atomic E-state index is 13.5. The highest BCUT2D eigenvalue weighted by molar-refractivity contribution is 7.89. The van der Waals surface area contributed by atoms with Gasteiger partial charge in [0.25, 0.3) is 5.91 Å². The Morgan fingerprint density at radius 1 is 0.923 bits per heavy atom. The van der Waals surface area contributed by atoms with Crippen LogP contribution in [0.25, 0.3) is 0 Å². The van der Waals surface area contributed by atoms with Crippen molar-refractivity contribution in [1.29, 1.82) is 0 Å². The molecule has 0 unspecified atom stereocenters. The third-order valence-corrected chi connectivity index (χ3v) is 9.56. The number of amides is 1. The fourth-order valence-electron chi connectivity index (χ4n) is 5.73. The molecule has 214 valence electrons. The number of carbonyl (C=O) groups excluding carboxylic acids is 1. The van der Waals surface area contributed by atoms with Crippen LogP contribution >= 0.6 is 0 Å². The van der Waals surface area contributed by atoms with Crippen molar-refractivity contribution in [3.63, 3.8) is 0 Å².